The van der Waals surface area contributed by atoms with Crippen molar-refractivity contribution in [1.82, 2.24) is 25.0 Å². The number of nitrogens with zero attached hydrogens (tertiary/aromatic N) is 4. The van der Waals surface area contributed by atoms with Gasteiger partial charge in [0.25, 0.3) is 5.56 Å². The maximum Gasteiger partial charge on any atom is 0.251 e. The van der Waals surface area contributed by atoms with E-state index in [4.69, 9.17) is 11.6 Å². The number of aromatic amines is 1. The van der Waals surface area contributed by atoms with Gasteiger partial charge < -0.3 is 4.98 Å². The van der Waals surface area contributed by atoms with E-state index in [2.05, 4.69) is 38.5 Å². The molecule has 1 fully saturated rings. The summed E-state index contributed by atoms with van der Waals surface area (Å²) in [6.45, 7) is 3.76. The van der Waals surface area contributed by atoms with Crippen LogP contribution in [0, 0.1) is 6.92 Å². The molecule has 1 N–H and O–H groups in total. The molecule has 0 unspecified atom stereocenters. The van der Waals surface area contributed by atoms with Crippen LogP contribution in [0.2, 0.25) is 5.02 Å². The summed E-state index contributed by atoms with van der Waals surface area (Å²) in [5.41, 5.74) is 3.17. The summed E-state index contributed by atoms with van der Waals surface area (Å²) < 4.78 is 1.74. The predicted octanol–water partition coefficient (Wildman–Crippen LogP) is 3.48. The van der Waals surface area contributed by atoms with Crippen molar-refractivity contribution >= 4 is 11.6 Å². The number of H-pyrrole nitrogens is 1. The van der Waals surface area contributed by atoms with Crippen LogP contribution >= 0.6 is 11.6 Å². The maximum absolute atomic E-state index is 11.6. The van der Waals surface area contributed by atoms with Crippen molar-refractivity contribution in [3.8, 4) is 11.4 Å². The first kappa shape index (κ1) is 16.0. The Kier molecular flexibility index (Phi) is 3.92. The predicted molar refractivity (Wildman–Crippen MR) is 95.9 cm³/mol. The van der Waals surface area contributed by atoms with Crippen molar-refractivity contribution in [2.24, 2.45) is 0 Å². The molecule has 128 valence electrons. The third-order valence-electron chi connectivity index (χ3n) is 4.55. The minimum atomic E-state index is -0.205. The number of aromatic nitrogens is 5. The molecule has 1 aliphatic rings. The molecule has 1 aromatic carbocycles. The molecule has 2 heterocycles. The van der Waals surface area contributed by atoms with Crippen LogP contribution in [0.15, 0.2) is 35.3 Å². The molecule has 7 heteroatoms. The second-order valence-electron chi connectivity index (χ2n) is 6.53. The van der Waals surface area contributed by atoms with Gasteiger partial charge in [-0.3, -0.25) is 4.79 Å². The van der Waals surface area contributed by atoms with Gasteiger partial charge in [-0.2, -0.15) is 0 Å². The lowest BCUT2D eigenvalue weighted by atomic mass is 10.0. The molecule has 3 aromatic rings. The summed E-state index contributed by atoms with van der Waals surface area (Å²) in [5.74, 6) is 1.22. The average molecular weight is 356 g/mol. The number of rotatable bonds is 4. The molecule has 0 bridgehead atoms. The normalized spacial score (nSPS) is 15.3. The molecule has 0 aliphatic heterocycles. The molecule has 1 saturated carbocycles. The molecule has 25 heavy (non-hydrogen) atoms. The first-order chi connectivity index (χ1) is 12.0. The summed E-state index contributed by atoms with van der Waals surface area (Å²) >= 11 is 6.49. The highest BCUT2D eigenvalue weighted by Gasteiger charge is 2.24. The molecule has 0 amide bonds. The topological polar surface area (TPSA) is 76.5 Å². The fourth-order valence-electron chi connectivity index (χ4n) is 2.99. The highest BCUT2D eigenvalue weighted by atomic mass is 35.5. The Morgan fingerprint density at radius 2 is 2.08 bits per heavy atom. The fraction of sp³-hybridized carbons (Fsp3) is 0.333. The molecule has 0 spiro atoms. The van der Waals surface area contributed by atoms with Crippen LogP contribution in [0.25, 0.3) is 11.4 Å². The van der Waals surface area contributed by atoms with Gasteiger partial charge in [0, 0.05) is 11.1 Å². The largest absolute Gasteiger partial charge is 0.311 e. The Bertz CT molecular complexity index is 989. The number of benzene rings is 1. The van der Waals surface area contributed by atoms with Crippen LogP contribution < -0.4 is 5.56 Å². The Hall–Kier alpha value is -2.47. The number of hydrogen-bond acceptors (Lipinski definition) is 4. The lowest BCUT2D eigenvalue weighted by Gasteiger charge is -2.14. The molecule has 2 aromatic heterocycles. The van der Waals surface area contributed by atoms with Gasteiger partial charge in [0.2, 0.25) is 0 Å². The molecular formula is C18H18ClN5O. The number of halogens is 1. The SMILES string of the molecule is Cc1nc(-c2cn([C@@H](C)c3ccc(C4CC4)cc3Cl)nn2)cc(=O)[nH]1. The van der Waals surface area contributed by atoms with E-state index >= 15 is 0 Å². The van der Waals surface area contributed by atoms with Crippen molar-refractivity contribution in [3.05, 3.63) is 62.8 Å². The lowest BCUT2D eigenvalue weighted by molar-refractivity contribution is 0.543. The Morgan fingerprint density at radius 3 is 2.76 bits per heavy atom. The van der Waals surface area contributed by atoms with Gasteiger partial charge in [0.05, 0.1) is 17.9 Å². The smallest absolute Gasteiger partial charge is 0.251 e. The van der Waals surface area contributed by atoms with Crippen molar-refractivity contribution in [1.29, 1.82) is 0 Å². The van der Waals surface area contributed by atoms with E-state index < -0.39 is 0 Å². The van der Waals surface area contributed by atoms with E-state index in [1.165, 1.54) is 24.5 Å². The minimum Gasteiger partial charge on any atom is -0.311 e. The van der Waals surface area contributed by atoms with E-state index in [0.717, 1.165) is 10.6 Å². The first-order valence-electron chi connectivity index (χ1n) is 8.31. The van der Waals surface area contributed by atoms with Gasteiger partial charge in [-0.05, 0) is 49.8 Å². The third kappa shape index (κ3) is 3.22. The Balaban J connectivity index is 1.64. The van der Waals surface area contributed by atoms with E-state index in [-0.39, 0.29) is 11.6 Å². The standard InChI is InChI=1S/C18H18ClN5O/c1-10(14-6-5-13(7-15(14)19)12-3-4-12)24-9-17(22-23-24)16-8-18(25)21-11(2)20-16/h5-10,12H,3-4H2,1-2H3,(H,20,21,25)/t10-/m0/s1. The molecule has 4 rings (SSSR count). The summed E-state index contributed by atoms with van der Waals surface area (Å²) in [7, 11) is 0. The monoisotopic (exact) mass is 355 g/mol. The van der Waals surface area contributed by atoms with Crippen LogP contribution in [0.3, 0.4) is 0 Å². The number of hydrogen-bond donors (Lipinski definition) is 1. The van der Waals surface area contributed by atoms with E-state index in [0.29, 0.717) is 23.1 Å². The molecule has 0 radical (unpaired) electrons. The Morgan fingerprint density at radius 1 is 1.28 bits per heavy atom. The molecule has 1 atom stereocenters. The van der Waals surface area contributed by atoms with Gasteiger partial charge in [-0.25, -0.2) is 9.67 Å². The van der Waals surface area contributed by atoms with Gasteiger partial charge >= 0.3 is 0 Å². The van der Waals surface area contributed by atoms with Crippen LogP contribution in [0.4, 0.5) is 0 Å². The zero-order valence-corrected chi connectivity index (χ0v) is 14.8. The second kappa shape index (κ2) is 6.11. The zero-order valence-electron chi connectivity index (χ0n) is 14.0. The average Bonchev–Trinajstić information content (AvgIpc) is 3.30. The van der Waals surface area contributed by atoms with Gasteiger partial charge in [-0.15, -0.1) is 5.10 Å². The Labute approximate surface area is 149 Å². The van der Waals surface area contributed by atoms with Gasteiger partial charge in [0.1, 0.15) is 11.5 Å². The molecule has 0 saturated heterocycles. The molecule has 1 aliphatic carbocycles. The minimum absolute atomic E-state index is 0.0647. The highest BCUT2D eigenvalue weighted by Crippen LogP contribution is 2.41. The van der Waals surface area contributed by atoms with E-state index in [1.807, 2.05) is 6.92 Å². The van der Waals surface area contributed by atoms with Crippen LogP contribution in [-0.2, 0) is 0 Å². The summed E-state index contributed by atoms with van der Waals surface area (Å²) in [6, 6.07) is 7.63. The third-order valence-corrected chi connectivity index (χ3v) is 4.88. The van der Waals surface area contributed by atoms with Crippen molar-refractivity contribution in [3.63, 3.8) is 0 Å². The number of nitrogens with one attached hydrogen (secondary N) is 1. The fourth-order valence-corrected chi connectivity index (χ4v) is 3.34. The maximum atomic E-state index is 11.6. The lowest BCUT2D eigenvalue weighted by Crippen LogP contribution is -2.09. The number of aryl methyl sites for hydroxylation is 1. The van der Waals surface area contributed by atoms with Crippen LogP contribution in [-0.4, -0.2) is 25.0 Å². The zero-order chi connectivity index (χ0) is 17.6. The second-order valence-corrected chi connectivity index (χ2v) is 6.94. The summed E-state index contributed by atoms with van der Waals surface area (Å²) in [5, 5.41) is 9.10. The highest BCUT2D eigenvalue weighted by molar-refractivity contribution is 6.31. The first-order valence-corrected chi connectivity index (χ1v) is 8.68. The van der Waals surface area contributed by atoms with Crippen LogP contribution in [0.1, 0.15) is 48.7 Å². The van der Waals surface area contributed by atoms with Gasteiger partial charge in [0.15, 0.2) is 0 Å². The van der Waals surface area contributed by atoms with Gasteiger partial charge in [-0.1, -0.05) is 28.9 Å². The van der Waals surface area contributed by atoms with Crippen LogP contribution in [0.5, 0.6) is 0 Å². The molecule has 6 nitrogen and oxygen atoms in total. The van der Waals surface area contributed by atoms with Crippen molar-refractivity contribution in [2.45, 2.75) is 38.6 Å². The van der Waals surface area contributed by atoms with Crippen molar-refractivity contribution < 1.29 is 0 Å². The summed E-state index contributed by atoms with van der Waals surface area (Å²) in [6.07, 6.45) is 4.29. The quantitative estimate of drug-likeness (QED) is 0.777. The summed E-state index contributed by atoms with van der Waals surface area (Å²) in [4.78, 5) is 18.5. The van der Waals surface area contributed by atoms with Crippen molar-refractivity contribution in [2.75, 3.05) is 0 Å². The molecular weight excluding hydrogens is 338 g/mol. The van der Waals surface area contributed by atoms with E-state index in [9.17, 15) is 4.79 Å². The van der Waals surface area contributed by atoms with E-state index in [1.54, 1.807) is 17.8 Å².